The lowest BCUT2D eigenvalue weighted by Crippen LogP contribution is -2.50. The maximum atomic E-state index is 12.0. The van der Waals surface area contributed by atoms with Gasteiger partial charge in [0.25, 0.3) is 0 Å². The topological polar surface area (TPSA) is 87.7 Å². The van der Waals surface area contributed by atoms with Crippen LogP contribution in [-0.4, -0.2) is 63.4 Å². The number of amides is 2. The summed E-state index contributed by atoms with van der Waals surface area (Å²) in [6.07, 6.45) is -0.203. The summed E-state index contributed by atoms with van der Waals surface area (Å²) < 4.78 is 31.0. The first-order valence-electron chi connectivity index (χ1n) is 5.94. The summed E-state index contributed by atoms with van der Waals surface area (Å²) in [5.74, 6) is -0.0974. The first-order chi connectivity index (χ1) is 8.35. The molecule has 0 aromatic carbocycles. The van der Waals surface area contributed by atoms with Gasteiger partial charge < -0.3 is 15.4 Å². The molecule has 1 aliphatic heterocycles. The van der Waals surface area contributed by atoms with Crippen LogP contribution in [0.2, 0.25) is 0 Å². The summed E-state index contributed by atoms with van der Waals surface area (Å²) in [7, 11) is -1.86. The van der Waals surface area contributed by atoms with Crippen LogP contribution in [0.3, 0.4) is 0 Å². The van der Waals surface area contributed by atoms with Gasteiger partial charge in [-0.3, -0.25) is 0 Å². The highest BCUT2D eigenvalue weighted by molar-refractivity contribution is 7.89. The van der Waals surface area contributed by atoms with Crippen LogP contribution in [-0.2, 0) is 14.8 Å². The van der Waals surface area contributed by atoms with Gasteiger partial charge in [-0.2, -0.15) is 4.31 Å². The molecule has 18 heavy (non-hydrogen) atoms. The highest BCUT2D eigenvalue weighted by Crippen LogP contribution is 2.14. The molecule has 1 saturated heterocycles. The van der Waals surface area contributed by atoms with Gasteiger partial charge in [0.05, 0.1) is 18.0 Å². The summed E-state index contributed by atoms with van der Waals surface area (Å²) >= 11 is 0. The van der Waals surface area contributed by atoms with Crippen molar-refractivity contribution in [2.75, 3.05) is 32.4 Å². The van der Waals surface area contributed by atoms with E-state index in [2.05, 4.69) is 10.6 Å². The molecule has 1 fully saturated rings. The van der Waals surface area contributed by atoms with Gasteiger partial charge in [-0.15, -0.1) is 0 Å². The molecule has 0 aromatic heterocycles. The van der Waals surface area contributed by atoms with Gasteiger partial charge in [-0.1, -0.05) is 0 Å². The number of nitrogens with one attached hydrogen (secondary N) is 2. The Morgan fingerprint density at radius 3 is 2.39 bits per heavy atom. The van der Waals surface area contributed by atoms with Crippen molar-refractivity contribution in [3.63, 3.8) is 0 Å². The van der Waals surface area contributed by atoms with Crippen molar-refractivity contribution >= 4 is 16.1 Å². The lowest BCUT2D eigenvalue weighted by atomic mass is 10.3. The monoisotopic (exact) mass is 279 g/mol. The number of urea groups is 1. The molecule has 1 heterocycles. The molecular formula is C10H21N3O4S. The van der Waals surface area contributed by atoms with E-state index >= 15 is 0 Å². The Kier molecular flexibility index (Phi) is 5.36. The number of hydrogen-bond donors (Lipinski definition) is 2. The van der Waals surface area contributed by atoms with E-state index in [1.807, 2.05) is 13.8 Å². The maximum Gasteiger partial charge on any atom is 0.314 e. The number of morpholine rings is 1. The van der Waals surface area contributed by atoms with Crippen LogP contribution in [0.1, 0.15) is 13.8 Å². The van der Waals surface area contributed by atoms with Crippen molar-refractivity contribution in [2.45, 2.75) is 26.1 Å². The zero-order valence-corrected chi connectivity index (χ0v) is 11.8. The van der Waals surface area contributed by atoms with E-state index in [0.29, 0.717) is 13.1 Å². The van der Waals surface area contributed by atoms with Gasteiger partial charge in [0, 0.05) is 26.7 Å². The van der Waals surface area contributed by atoms with Crippen LogP contribution in [0.25, 0.3) is 0 Å². The fourth-order valence-corrected chi connectivity index (χ4v) is 3.36. The van der Waals surface area contributed by atoms with Crippen molar-refractivity contribution in [2.24, 2.45) is 0 Å². The first-order valence-corrected chi connectivity index (χ1v) is 7.55. The lowest BCUT2D eigenvalue weighted by Gasteiger charge is -2.34. The summed E-state index contributed by atoms with van der Waals surface area (Å²) in [6.45, 7) is 4.53. The Morgan fingerprint density at radius 1 is 1.33 bits per heavy atom. The number of hydrogen-bond acceptors (Lipinski definition) is 4. The van der Waals surface area contributed by atoms with Crippen LogP contribution in [0.4, 0.5) is 4.79 Å². The average molecular weight is 279 g/mol. The third kappa shape index (κ3) is 4.43. The molecule has 0 aliphatic carbocycles. The predicted octanol–water partition coefficient (Wildman–Crippen LogP) is -0.646. The number of carbonyl (C=O) groups is 1. The van der Waals surface area contributed by atoms with E-state index in [-0.39, 0.29) is 30.5 Å². The summed E-state index contributed by atoms with van der Waals surface area (Å²) in [5, 5.41) is 4.83. The number of nitrogens with zero attached hydrogens (tertiary/aromatic N) is 1. The fourth-order valence-electron chi connectivity index (χ4n) is 1.87. The van der Waals surface area contributed by atoms with Crippen LogP contribution in [0.15, 0.2) is 0 Å². The SMILES string of the molecule is CNC(=O)NCCS(=O)(=O)N1CC(C)OC(C)C1. The first kappa shape index (κ1) is 15.2. The second-order valence-corrected chi connectivity index (χ2v) is 6.48. The number of sulfonamides is 1. The van der Waals surface area contributed by atoms with Crippen LogP contribution < -0.4 is 10.6 Å². The summed E-state index contributed by atoms with van der Waals surface area (Å²) in [5.41, 5.74) is 0. The van der Waals surface area contributed by atoms with Gasteiger partial charge in [0.1, 0.15) is 0 Å². The standard InChI is InChI=1S/C10H21N3O4S/c1-8-6-13(7-9(2)17-8)18(15,16)5-4-12-10(14)11-3/h8-9H,4-7H2,1-3H3,(H2,11,12,14). The second-order valence-electron chi connectivity index (χ2n) is 4.40. The van der Waals surface area contributed by atoms with Gasteiger partial charge in [-0.25, -0.2) is 13.2 Å². The Morgan fingerprint density at radius 2 is 1.89 bits per heavy atom. The number of ether oxygens (including phenoxy) is 1. The normalized spacial score (nSPS) is 25.7. The molecule has 0 aromatic rings. The largest absolute Gasteiger partial charge is 0.373 e. The Hall–Kier alpha value is -0.860. The minimum atomic E-state index is -3.34. The Balaban J connectivity index is 2.50. The molecule has 2 unspecified atom stereocenters. The third-order valence-corrected chi connectivity index (χ3v) is 4.46. The van der Waals surface area contributed by atoms with Gasteiger partial charge >= 0.3 is 6.03 Å². The molecule has 106 valence electrons. The molecule has 7 nitrogen and oxygen atoms in total. The molecule has 2 N–H and O–H groups in total. The van der Waals surface area contributed by atoms with E-state index in [4.69, 9.17) is 4.74 Å². The fraction of sp³-hybridized carbons (Fsp3) is 0.900. The molecular weight excluding hydrogens is 258 g/mol. The van der Waals surface area contributed by atoms with E-state index in [1.165, 1.54) is 11.4 Å². The number of rotatable bonds is 4. The van der Waals surface area contributed by atoms with Crippen molar-refractivity contribution in [1.82, 2.24) is 14.9 Å². The average Bonchev–Trinajstić information content (AvgIpc) is 2.27. The third-order valence-electron chi connectivity index (χ3n) is 2.65. The van der Waals surface area contributed by atoms with E-state index < -0.39 is 10.0 Å². The van der Waals surface area contributed by atoms with Gasteiger partial charge in [0.15, 0.2) is 0 Å². The molecule has 0 radical (unpaired) electrons. The lowest BCUT2D eigenvalue weighted by molar-refractivity contribution is -0.0440. The predicted molar refractivity (Wildman–Crippen MR) is 67.8 cm³/mol. The highest BCUT2D eigenvalue weighted by Gasteiger charge is 2.30. The molecule has 2 amide bonds. The smallest absolute Gasteiger partial charge is 0.314 e. The van der Waals surface area contributed by atoms with E-state index in [0.717, 1.165) is 0 Å². The van der Waals surface area contributed by atoms with E-state index in [1.54, 1.807) is 0 Å². The zero-order valence-electron chi connectivity index (χ0n) is 11.0. The zero-order chi connectivity index (χ0) is 13.8. The summed E-state index contributed by atoms with van der Waals surface area (Å²) in [6, 6.07) is -0.381. The van der Waals surface area contributed by atoms with Crippen LogP contribution in [0.5, 0.6) is 0 Å². The maximum absolute atomic E-state index is 12.0. The molecule has 1 rings (SSSR count). The molecule has 8 heteroatoms. The van der Waals surface area contributed by atoms with Crippen LogP contribution >= 0.6 is 0 Å². The van der Waals surface area contributed by atoms with Gasteiger partial charge in [0.2, 0.25) is 10.0 Å². The molecule has 1 aliphatic rings. The minimum Gasteiger partial charge on any atom is -0.373 e. The summed E-state index contributed by atoms with van der Waals surface area (Å²) in [4.78, 5) is 10.9. The quantitative estimate of drug-likeness (QED) is 0.716. The molecule has 2 atom stereocenters. The van der Waals surface area contributed by atoms with Crippen molar-refractivity contribution in [3.8, 4) is 0 Å². The molecule has 0 saturated carbocycles. The van der Waals surface area contributed by atoms with Crippen molar-refractivity contribution in [3.05, 3.63) is 0 Å². The van der Waals surface area contributed by atoms with Crippen LogP contribution in [0, 0.1) is 0 Å². The number of carbonyl (C=O) groups excluding carboxylic acids is 1. The Labute approximate surface area is 108 Å². The second kappa shape index (κ2) is 6.35. The van der Waals surface area contributed by atoms with Gasteiger partial charge in [-0.05, 0) is 13.8 Å². The highest BCUT2D eigenvalue weighted by atomic mass is 32.2. The molecule has 0 spiro atoms. The van der Waals surface area contributed by atoms with Crippen molar-refractivity contribution < 1.29 is 17.9 Å². The Bertz CT molecular complexity index is 375. The minimum absolute atomic E-state index is 0.0974. The van der Waals surface area contributed by atoms with E-state index in [9.17, 15) is 13.2 Å². The molecule has 0 bridgehead atoms. The van der Waals surface area contributed by atoms with Crippen molar-refractivity contribution in [1.29, 1.82) is 0 Å².